The van der Waals surface area contributed by atoms with Gasteiger partial charge in [0, 0.05) is 31.7 Å². The molecule has 1 N–H and O–H groups in total. The zero-order valence-electron chi connectivity index (χ0n) is 17.9. The number of Topliss-reactive ketones (excluding diaryl/α,β-unsaturated/α-hetero) is 1. The number of rotatable bonds is 10. The molecule has 28 heavy (non-hydrogen) atoms. The molecule has 1 amide bonds. The lowest BCUT2D eigenvalue weighted by Gasteiger charge is -2.28. The summed E-state index contributed by atoms with van der Waals surface area (Å²) in [6.45, 7) is 12.6. The Balaban J connectivity index is 2.44. The highest BCUT2D eigenvalue weighted by molar-refractivity contribution is 6.09. The van der Waals surface area contributed by atoms with Crippen molar-refractivity contribution in [2.45, 2.75) is 59.9 Å². The molecule has 1 aromatic rings. The Kier molecular flexibility index (Phi) is 7.67. The minimum Gasteiger partial charge on any atom is -0.503 e. The van der Waals surface area contributed by atoms with Crippen molar-refractivity contribution in [3.05, 3.63) is 41.2 Å². The average molecular weight is 387 g/mol. The van der Waals surface area contributed by atoms with Gasteiger partial charge in [-0.05, 0) is 43.9 Å². The predicted octanol–water partition coefficient (Wildman–Crippen LogP) is 4.64. The van der Waals surface area contributed by atoms with Gasteiger partial charge in [0.15, 0.2) is 11.5 Å². The predicted molar refractivity (Wildman–Crippen MR) is 113 cm³/mol. The lowest BCUT2D eigenvalue weighted by Crippen LogP contribution is -2.32. The van der Waals surface area contributed by atoms with Gasteiger partial charge in [0.2, 0.25) is 0 Å². The molecule has 0 aromatic heterocycles. The van der Waals surface area contributed by atoms with E-state index in [2.05, 4.69) is 25.7 Å². The fourth-order valence-electron chi connectivity index (χ4n) is 3.78. The van der Waals surface area contributed by atoms with Crippen LogP contribution in [0.3, 0.4) is 0 Å². The van der Waals surface area contributed by atoms with Crippen LogP contribution < -0.4 is 4.90 Å². The number of benzene rings is 1. The molecule has 0 saturated heterocycles. The Morgan fingerprint density at radius 1 is 1.14 bits per heavy atom. The molecule has 1 aliphatic heterocycles. The number of nitrogens with zero attached hydrogens (tertiary/aromatic N) is 2. The lowest BCUT2D eigenvalue weighted by molar-refractivity contribution is -0.129. The van der Waals surface area contributed by atoms with Crippen LogP contribution in [0.2, 0.25) is 0 Å². The second-order valence-electron chi connectivity index (χ2n) is 7.80. The Bertz CT molecular complexity index is 718. The van der Waals surface area contributed by atoms with E-state index in [0.717, 1.165) is 37.2 Å². The summed E-state index contributed by atoms with van der Waals surface area (Å²) in [7, 11) is 0. The summed E-state index contributed by atoms with van der Waals surface area (Å²) < 4.78 is 0. The maximum Gasteiger partial charge on any atom is 0.290 e. The Labute approximate surface area is 169 Å². The van der Waals surface area contributed by atoms with Crippen molar-refractivity contribution in [2.24, 2.45) is 5.92 Å². The normalized spacial score (nSPS) is 17.0. The Morgan fingerprint density at radius 2 is 1.75 bits per heavy atom. The van der Waals surface area contributed by atoms with E-state index < -0.39 is 11.9 Å². The molecule has 0 bridgehead atoms. The van der Waals surface area contributed by atoms with Crippen LogP contribution in [-0.2, 0) is 9.59 Å². The molecule has 154 valence electrons. The molecule has 1 unspecified atom stereocenters. The van der Waals surface area contributed by atoms with Crippen molar-refractivity contribution in [1.29, 1.82) is 0 Å². The van der Waals surface area contributed by atoms with Gasteiger partial charge >= 0.3 is 0 Å². The highest BCUT2D eigenvalue weighted by atomic mass is 16.3. The number of carbonyl (C=O) groups is 2. The first-order valence-corrected chi connectivity index (χ1v) is 10.5. The van der Waals surface area contributed by atoms with Gasteiger partial charge in [-0.3, -0.25) is 9.59 Å². The number of aliphatic hydroxyl groups excluding tert-OH is 1. The maximum absolute atomic E-state index is 12.9. The molecule has 5 nitrogen and oxygen atoms in total. The number of hydrogen-bond acceptors (Lipinski definition) is 4. The molecule has 1 atom stereocenters. The first kappa shape index (κ1) is 22.0. The molecule has 5 heteroatoms. The Morgan fingerprint density at radius 3 is 2.25 bits per heavy atom. The molecule has 0 aliphatic carbocycles. The molecule has 0 saturated carbocycles. The topological polar surface area (TPSA) is 60.9 Å². The van der Waals surface area contributed by atoms with Crippen LogP contribution in [0, 0.1) is 5.92 Å². The van der Waals surface area contributed by atoms with Crippen molar-refractivity contribution in [1.82, 2.24) is 4.90 Å². The van der Waals surface area contributed by atoms with Crippen LogP contribution in [0.4, 0.5) is 5.69 Å². The number of amides is 1. The van der Waals surface area contributed by atoms with Crippen molar-refractivity contribution in [2.75, 3.05) is 24.5 Å². The monoisotopic (exact) mass is 386 g/mol. The van der Waals surface area contributed by atoms with E-state index in [1.165, 1.54) is 0 Å². The quantitative estimate of drug-likeness (QED) is 0.636. The van der Waals surface area contributed by atoms with E-state index in [9.17, 15) is 14.7 Å². The third kappa shape index (κ3) is 4.57. The second kappa shape index (κ2) is 9.76. The summed E-state index contributed by atoms with van der Waals surface area (Å²) in [5, 5.41) is 10.5. The molecular formula is C23H34N2O3. The zero-order valence-corrected chi connectivity index (χ0v) is 17.9. The average Bonchev–Trinajstić information content (AvgIpc) is 2.92. The summed E-state index contributed by atoms with van der Waals surface area (Å²) in [5.41, 5.74) is 2.24. The van der Waals surface area contributed by atoms with Crippen molar-refractivity contribution in [3.63, 3.8) is 0 Å². The van der Waals surface area contributed by atoms with Crippen LogP contribution >= 0.6 is 0 Å². The van der Waals surface area contributed by atoms with Gasteiger partial charge in [-0.15, -0.1) is 0 Å². The van der Waals surface area contributed by atoms with Crippen LogP contribution in [0.1, 0.15) is 65.5 Å². The number of ketones is 1. The molecule has 2 rings (SSSR count). The van der Waals surface area contributed by atoms with Gasteiger partial charge < -0.3 is 14.9 Å². The van der Waals surface area contributed by atoms with E-state index in [1.807, 2.05) is 38.1 Å². The molecular weight excluding hydrogens is 352 g/mol. The van der Waals surface area contributed by atoms with Crippen LogP contribution in [0.5, 0.6) is 0 Å². The van der Waals surface area contributed by atoms with E-state index in [4.69, 9.17) is 0 Å². The maximum atomic E-state index is 12.9. The molecule has 0 spiro atoms. The number of carbonyl (C=O) groups excluding carboxylic acids is 2. The van der Waals surface area contributed by atoms with E-state index >= 15 is 0 Å². The Hall–Kier alpha value is -2.30. The van der Waals surface area contributed by atoms with E-state index in [-0.39, 0.29) is 23.0 Å². The zero-order chi connectivity index (χ0) is 20.8. The third-order valence-electron chi connectivity index (χ3n) is 5.29. The minimum atomic E-state index is -0.504. The lowest BCUT2D eigenvalue weighted by atomic mass is 9.92. The summed E-state index contributed by atoms with van der Waals surface area (Å²) in [6, 6.07) is 7.52. The van der Waals surface area contributed by atoms with Gasteiger partial charge in [0.25, 0.3) is 5.91 Å². The van der Waals surface area contributed by atoms with Gasteiger partial charge in [-0.25, -0.2) is 0 Å². The largest absolute Gasteiger partial charge is 0.503 e. The third-order valence-corrected chi connectivity index (χ3v) is 5.29. The highest BCUT2D eigenvalue weighted by Gasteiger charge is 2.42. The minimum absolute atomic E-state index is 0.141. The fourth-order valence-corrected chi connectivity index (χ4v) is 3.78. The molecule has 1 aromatic carbocycles. The fraction of sp³-hybridized carbons (Fsp3) is 0.565. The van der Waals surface area contributed by atoms with Gasteiger partial charge in [0.1, 0.15) is 0 Å². The van der Waals surface area contributed by atoms with Crippen molar-refractivity contribution in [3.8, 4) is 0 Å². The van der Waals surface area contributed by atoms with E-state index in [0.29, 0.717) is 13.0 Å². The van der Waals surface area contributed by atoms with Crippen molar-refractivity contribution < 1.29 is 14.7 Å². The first-order chi connectivity index (χ1) is 13.3. The molecule has 1 aliphatic rings. The summed E-state index contributed by atoms with van der Waals surface area (Å²) in [4.78, 5) is 29.5. The molecule has 0 fully saturated rings. The summed E-state index contributed by atoms with van der Waals surface area (Å²) in [6.07, 6.45) is 2.09. The standard InChI is InChI=1S/C23H34N2O3/c1-6-9-14-25-21(17-10-12-18(13-11-17)24(7-2)8-3)20(22(27)23(25)28)19(26)15-16(4)5/h10-13,16,21,27H,6-9,14-15H2,1-5H3. The number of unbranched alkanes of at least 4 members (excludes halogenated alkanes) is 1. The summed E-state index contributed by atoms with van der Waals surface area (Å²) in [5.74, 6) is -0.783. The van der Waals surface area contributed by atoms with Crippen LogP contribution in [0.25, 0.3) is 0 Å². The van der Waals surface area contributed by atoms with E-state index in [1.54, 1.807) is 4.90 Å². The van der Waals surface area contributed by atoms with Crippen LogP contribution in [-0.4, -0.2) is 41.3 Å². The SMILES string of the molecule is CCCCN1C(=O)C(O)=C(C(=O)CC(C)C)C1c1ccc(N(CC)CC)cc1. The summed E-state index contributed by atoms with van der Waals surface area (Å²) >= 11 is 0. The van der Waals surface area contributed by atoms with Gasteiger partial charge in [-0.2, -0.15) is 0 Å². The first-order valence-electron chi connectivity index (χ1n) is 10.5. The highest BCUT2D eigenvalue weighted by Crippen LogP contribution is 2.39. The number of aliphatic hydroxyl groups is 1. The smallest absolute Gasteiger partial charge is 0.290 e. The second-order valence-corrected chi connectivity index (χ2v) is 7.80. The van der Waals surface area contributed by atoms with Crippen molar-refractivity contribution >= 4 is 17.4 Å². The van der Waals surface area contributed by atoms with Gasteiger partial charge in [-0.1, -0.05) is 39.3 Å². The van der Waals surface area contributed by atoms with Crippen LogP contribution in [0.15, 0.2) is 35.6 Å². The molecule has 1 heterocycles. The number of hydrogen-bond donors (Lipinski definition) is 1. The van der Waals surface area contributed by atoms with Gasteiger partial charge in [0.05, 0.1) is 11.6 Å². The molecule has 0 radical (unpaired) electrons. The number of anilines is 1.